The molecule has 16 heavy (non-hydrogen) atoms. The Morgan fingerprint density at radius 3 is 2.81 bits per heavy atom. The second-order valence-corrected chi connectivity index (χ2v) is 5.05. The highest BCUT2D eigenvalue weighted by molar-refractivity contribution is 6.31. The lowest BCUT2D eigenvalue weighted by Crippen LogP contribution is -2.47. The summed E-state index contributed by atoms with van der Waals surface area (Å²) in [5, 5.41) is 3.79. The first-order chi connectivity index (χ1) is 7.59. The average molecular weight is 244 g/mol. The maximum Gasteiger partial charge on any atom is 0.124 e. The smallest absolute Gasteiger partial charge is 0.124 e. The molecule has 1 fully saturated rings. The van der Waals surface area contributed by atoms with Gasteiger partial charge in [0.05, 0.1) is 13.2 Å². The molecule has 0 aromatic heterocycles. The predicted octanol–water partition coefficient (Wildman–Crippen LogP) is 2.61. The predicted molar refractivity (Wildman–Crippen MR) is 62.0 cm³/mol. The number of hydrogen-bond donors (Lipinski definition) is 1. The summed E-state index contributed by atoms with van der Waals surface area (Å²) >= 11 is 5.92. The van der Waals surface area contributed by atoms with Gasteiger partial charge in [0.15, 0.2) is 0 Å². The van der Waals surface area contributed by atoms with Crippen molar-refractivity contribution in [2.45, 2.75) is 13.5 Å². The Labute approximate surface area is 99.7 Å². The molecule has 0 atom stereocenters. The van der Waals surface area contributed by atoms with E-state index in [0.717, 1.165) is 25.3 Å². The summed E-state index contributed by atoms with van der Waals surface area (Å²) in [6.07, 6.45) is 0. The van der Waals surface area contributed by atoms with E-state index in [0.29, 0.717) is 11.6 Å². The maximum atomic E-state index is 12.8. The molecule has 88 valence electrons. The van der Waals surface area contributed by atoms with E-state index in [2.05, 4.69) is 12.2 Å². The van der Waals surface area contributed by atoms with Gasteiger partial charge in [0, 0.05) is 23.5 Å². The lowest BCUT2D eigenvalue weighted by Gasteiger charge is -2.38. The third-order valence-corrected chi connectivity index (χ3v) is 3.14. The van der Waals surface area contributed by atoms with E-state index in [9.17, 15) is 4.39 Å². The SMILES string of the molecule is CC1(CNCc2ccc(F)cc2Cl)COC1. The molecule has 0 bridgehead atoms. The van der Waals surface area contributed by atoms with Crippen LogP contribution in [0.1, 0.15) is 12.5 Å². The molecule has 2 nitrogen and oxygen atoms in total. The molecule has 1 aliphatic heterocycles. The molecule has 0 saturated carbocycles. The topological polar surface area (TPSA) is 21.3 Å². The molecule has 1 aromatic rings. The van der Waals surface area contributed by atoms with Crippen molar-refractivity contribution in [1.82, 2.24) is 5.32 Å². The summed E-state index contributed by atoms with van der Waals surface area (Å²) in [7, 11) is 0. The van der Waals surface area contributed by atoms with E-state index < -0.39 is 0 Å². The van der Waals surface area contributed by atoms with Crippen molar-refractivity contribution in [3.05, 3.63) is 34.6 Å². The van der Waals surface area contributed by atoms with E-state index in [4.69, 9.17) is 16.3 Å². The van der Waals surface area contributed by atoms with Gasteiger partial charge in [0.25, 0.3) is 0 Å². The van der Waals surface area contributed by atoms with Crippen molar-refractivity contribution in [1.29, 1.82) is 0 Å². The van der Waals surface area contributed by atoms with E-state index in [1.165, 1.54) is 12.1 Å². The molecule has 0 amide bonds. The minimum absolute atomic E-state index is 0.243. The largest absolute Gasteiger partial charge is 0.380 e. The monoisotopic (exact) mass is 243 g/mol. The van der Waals surface area contributed by atoms with Crippen LogP contribution < -0.4 is 5.32 Å². The van der Waals surface area contributed by atoms with Gasteiger partial charge in [-0.2, -0.15) is 0 Å². The van der Waals surface area contributed by atoms with E-state index in [1.54, 1.807) is 6.07 Å². The summed E-state index contributed by atoms with van der Waals surface area (Å²) in [6, 6.07) is 4.48. The van der Waals surface area contributed by atoms with Gasteiger partial charge in [-0.15, -0.1) is 0 Å². The zero-order chi connectivity index (χ0) is 11.6. The van der Waals surface area contributed by atoms with Crippen LogP contribution in [-0.4, -0.2) is 19.8 Å². The normalized spacial score (nSPS) is 18.2. The number of rotatable bonds is 4. The van der Waals surface area contributed by atoms with Gasteiger partial charge in [0.2, 0.25) is 0 Å². The first-order valence-electron chi connectivity index (χ1n) is 5.31. The Balaban J connectivity index is 1.85. The lowest BCUT2D eigenvalue weighted by molar-refractivity contribution is -0.0991. The highest BCUT2D eigenvalue weighted by Gasteiger charge is 2.32. The summed E-state index contributed by atoms with van der Waals surface area (Å²) in [4.78, 5) is 0. The van der Waals surface area contributed by atoms with Crippen LogP contribution in [-0.2, 0) is 11.3 Å². The molecule has 2 rings (SSSR count). The van der Waals surface area contributed by atoms with Crippen molar-refractivity contribution >= 4 is 11.6 Å². The maximum absolute atomic E-state index is 12.8. The van der Waals surface area contributed by atoms with E-state index in [-0.39, 0.29) is 11.2 Å². The zero-order valence-electron chi connectivity index (χ0n) is 9.22. The lowest BCUT2D eigenvalue weighted by atomic mass is 9.89. The van der Waals surface area contributed by atoms with Crippen molar-refractivity contribution in [2.24, 2.45) is 5.41 Å². The van der Waals surface area contributed by atoms with Gasteiger partial charge >= 0.3 is 0 Å². The molecule has 1 heterocycles. The third kappa shape index (κ3) is 2.73. The summed E-state index contributed by atoms with van der Waals surface area (Å²) < 4.78 is 18.0. The van der Waals surface area contributed by atoms with Crippen LogP contribution in [0.3, 0.4) is 0 Å². The second kappa shape index (κ2) is 4.70. The molecule has 1 aliphatic rings. The van der Waals surface area contributed by atoms with Gasteiger partial charge in [0.1, 0.15) is 5.82 Å². The molecule has 4 heteroatoms. The van der Waals surface area contributed by atoms with E-state index in [1.807, 2.05) is 0 Å². The van der Waals surface area contributed by atoms with Crippen LogP contribution in [0, 0.1) is 11.2 Å². The van der Waals surface area contributed by atoms with Crippen LogP contribution in [0.2, 0.25) is 5.02 Å². The van der Waals surface area contributed by atoms with Crippen LogP contribution in [0.15, 0.2) is 18.2 Å². The Bertz CT molecular complexity index is 379. The highest BCUT2D eigenvalue weighted by Crippen LogP contribution is 2.25. The van der Waals surface area contributed by atoms with Crippen molar-refractivity contribution in [3.8, 4) is 0 Å². The van der Waals surface area contributed by atoms with Crippen molar-refractivity contribution in [3.63, 3.8) is 0 Å². The molecular formula is C12H15ClFNO. The fraction of sp³-hybridized carbons (Fsp3) is 0.500. The Morgan fingerprint density at radius 1 is 1.50 bits per heavy atom. The minimum Gasteiger partial charge on any atom is -0.380 e. The second-order valence-electron chi connectivity index (χ2n) is 4.64. The van der Waals surface area contributed by atoms with Crippen LogP contribution >= 0.6 is 11.6 Å². The fourth-order valence-corrected chi connectivity index (χ4v) is 1.95. The first-order valence-corrected chi connectivity index (χ1v) is 5.69. The zero-order valence-corrected chi connectivity index (χ0v) is 9.98. The summed E-state index contributed by atoms with van der Waals surface area (Å²) in [5.41, 5.74) is 1.17. The van der Waals surface area contributed by atoms with Crippen LogP contribution in [0.5, 0.6) is 0 Å². The van der Waals surface area contributed by atoms with Gasteiger partial charge in [-0.1, -0.05) is 24.6 Å². The van der Waals surface area contributed by atoms with Gasteiger partial charge in [-0.05, 0) is 17.7 Å². The number of halogens is 2. The van der Waals surface area contributed by atoms with Gasteiger partial charge < -0.3 is 10.1 Å². The first kappa shape index (κ1) is 11.8. The standard InChI is InChI=1S/C12H15ClFNO/c1-12(7-16-8-12)6-15-5-9-2-3-10(14)4-11(9)13/h2-4,15H,5-8H2,1H3. The number of benzene rings is 1. The van der Waals surface area contributed by atoms with Crippen molar-refractivity contribution < 1.29 is 9.13 Å². The summed E-state index contributed by atoms with van der Waals surface area (Å²) in [5.74, 6) is -0.298. The quantitative estimate of drug-likeness (QED) is 0.878. The average Bonchev–Trinajstić information content (AvgIpc) is 2.19. The molecule has 1 N–H and O–H groups in total. The minimum atomic E-state index is -0.298. The highest BCUT2D eigenvalue weighted by atomic mass is 35.5. The molecule has 1 saturated heterocycles. The van der Waals surface area contributed by atoms with Crippen molar-refractivity contribution in [2.75, 3.05) is 19.8 Å². The molecule has 0 radical (unpaired) electrons. The van der Waals surface area contributed by atoms with E-state index >= 15 is 0 Å². The van der Waals surface area contributed by atoms with Crippen LogP contribution in [0.4, 0.5) is 4.39 Å². The Kier molecular flexibility index (Phi) is 3.47. The fourth-order valence-electron chi connectivity index (χ4n) is 1.72. The number of hydrogen-bond acceptors (Lipinski definition) is 2. The molecule has 0 unspecified atom stereocenters. The summed E-state index contributed by atoms with van der Waals surface area (Å²) in [6.45, 7) is 5.33. The van der Waals surface area contributed by atoms with Gasteiger partial charge in [-0.3, -0.25) is 0 Å². The third-order valence-electron chi connectivity index (χ3n) is 2.78. The van der Waals surface area contributed by atoms with Gasteiger partial charge in [-0.25, -0.2) is 4.39 Å². The Hall–Kier alpha value is -0.640. The molecule has 0 spiro atoms. The Morgan fingerprint density at radius 2 is 2.25 bits per heavy atom. The number of nitrogens with one attached hydrogen (secondary N) is 1. The molecular weight excluding hydrogens is 229 g/mol. The molecule has 0 aliphatic carbocycles. The number of ether oxygens (including phenoxy) is 1. The van der Waals surface area contributed by atoms with Crippen LogP contribution in [0.25, 0.3) is 0 Å². The molecule has 1 aromatic carbocycles.